The number of nitrogens with one attached hydrogen (secondary N) is 1. The van der Waals surface area contributed by atoms with Crippen LogP contribution in [-0.4, -0.2) is 23.1 Å². The third kappa shape index (κ3) is 3.22. The second kappa shape index (κ2) is 6.68. The van der Waals surface area contributed by atoms with Crippen molar-refractivity contribution in [1.29, 1.82) is 0 Å². The third-order valence-corrected chi connectivity index (χ3v) is 3.87. The van der Waals surface area contributed by atoms with Crippen LogP contribution in [0.2, 0.25) is 0 Å². The fraction of sp³-hybridized carbons (Fsp3) is 0.412. The highest BCUT2D eigenvalue weighted by atomic mass is 15.3. The Bertz CT molecular complexity index is 580. The zero-order valence-electron chi connectivity index (χ0n) is 12.5. The number of fused-ring (bicyclic) bond motifs is 1. The molecule has 0 unspecified atom stereocenters. The SMILES string of the molecule is CCNCc1cnc(N2CCCCc3ccccc32)nc1. The molecular weight excluding hydrogens is 260 g/mol. The van der Waals surface area contributed by atoms with Gasteiger partial charge in [-0.05, 0) is 37.4 Å². The van der Waals surface area contributed by atoms with E-state index in [0.29, 0.717) is 0 Å². The van der Waals surface area contributed by atoms with Gasteiger partial charge >= 0.3 is 0 Å². The van der Waals surface area contributed by atoms with E-state index in [1.54, 1.807) is 0 Å². The van der Waals surface area contributed by atoms with Gasteiger partial charge in [0.1, 0.15) is 0 Å². The minimum Gasteiger partial charge on any atom is -0.313 e. The minimum atomic E-state index is 0.810. The molecule has 110 valence electrons. The number of aromatic nitrogens is 2. The Morgan fingerprint density at radius 3 is 2.76 bits per heavy atom. The first kappa shape index (κ1) is 14.0. The van der Waals surface area contributed by atoms with E-state index in [2.05, 4.69) is 51.4 Å². The predicted molar refractivity (Wildman–Crippen MR) is 85.8 cm³/mol. The zero-order chi connectivity index (χ0) is 14.5. The quantitative estimate of drug-likeness (QED) is 0.935. The molecular formula is C17H22N4. The number of aryl methyl sites for hydroxylation is 1. The maximum Gasteiger partial charge on any atom is 0.229 e. The lowest BCUT2D eigenvalue weighted by Gasteiger charge is -2.22. The molecule has 0 atom stereocenters. The van der Waals surface area contributed by atoms with E-state index in [4.69, 9.17) is 0 Å². The van der Waals surface area contributed by atoms with Crippen molar-refractivity contribution in [2.24, 2.45) is 0 Å². The molecule has 4 nitrogen and oxygen atoms in total. The third-order valence-electron chi connectivity index (χ3n) is 3.87. The summed E-state index contributed by atoms with van der Waals surface area (Å²) in [4.78, 5) is 11.4. The molecule has 0 aliphatic carbocycles. The first-order chi connectivity index (χ1) is 10.4. The summed E-state index contributed by atoms with van der Waals surface area (Å²) in [6.07, 6.45) is 7.41. The topological polar surface area (TPSA) is 41.1 Å². The van der Waals surface area contributed by atoms with Crippen molar-refractivity contribution < 1.29 is 0 Å². The van der Waals surface area contributed by atoms with Crippen molar-refractivity contribution >= 4 is 11.6 Å². The van der Waals surface area contributed by atoms with Gasteiger partial charge in [-0.25, -0.2) is 9.97 Å². The Morgan fingerprint density at radius 1 is 1.14 bits per heavy atom. The molecule has 21 heavy (non-hydrogen) atoms. The van der Waals surface area contributed by atoms with Crippen LogP contribution in [0.3, 0.4) is 0 Å². The molecule has 0 amide bonds. The molecule has 0 saturated carbocycles. The largest absolute Gasteiger partial charge is 0.313 e. The van der Waals surface area contributed by atoms with Crippen molar-refractivity contribution in [3.05, 3.63) is 47.8 Å². The van der Waals surface area contributed by atoms with Crippen LogP contribution in [0.1, 0.15) is 30.9 Å². The average Bonchev–Trinajstić information content (AvgIpc) is 2.76. The van der Waals surface area contributed by atoms with Crippen molar-refractivity contribution in [2.75, 3.05) is 18.0 Å². The van der Waals surface area contributed by atoms with Gasteiger partial charge in [-0.3, -0.25) is 0 Å². The monoisotopic (exact) mass is 282 g/mol. The molecule has 1 N–H and O–H groups in total. The van der Waals surface area contributed by atoms with Crippen LogP contribution in [0.25, 0.3) is 0 Å². The molecule has 2 heterocycles. The normalized spacial score (nSPS) is 14.6. The lowest BCUT2D eigenvalue weighted by molar-refractivity contribution is 0.718. The molecule has 1 aliphatic heterocycles. The van der Waals surface area contributed by atoms with E-state index in [1.165, 1.54) is 24.1 Å². The van der Waals surface area contributed by atoms with E-state index < -0.39 is 0 Å². The summed E-state index contributed by atoms with van der Waals surface area (Å²) in [5.74, 6) is 0.810. The summed E-state index contributed by atoms with van der Waals surface area (Å²) in [5, 5.41) is 3.30. The van der Waals surface area contributed by atoms with Crippen molar-refractivity contribution in [3.63, 3.8) is 0 Å². The van der Waals surface area contributed by atoms with Gasteiger partial charge in [-0.2, -0.15) is 0 Å². The second-order valence-corrected chi connectivity index (χ2v) is 5.41. The van der Waals surface area contributed by atoms with Crippen LogP contribution in [-0.2, 0) is 13.0 Å². The number of nitrogens with zero attached hydrogens (tertiary/aromatic N) is 3. The zero-order valence-corrected chi connectivity index (χ0v) is 12.5. The molecule has 1 aromatic carbocycles. The van der Waals surface area contributed by atoms with Gasteiger partial charge in [0.2, 0.25) is 5.95 Å². The molecule has 0 spiro atoms. The summed E-state index contributed by atoms with van der Waals surface area (Å²) >= 11 is 0. The predicted octanol–water partition coefficient (Wildman–Crippen LogP) is 3.06. The number of anilines is 2. The smallest absolute Gasteiger partial charge is 0.229 e. The molecule has 0 radical (unpaired) electrons. The van der Waals surface area contributed by atoms with Crippen molar-refractivity contribution in [3.8, 4) is 0 Å². The Labute approximate surface area is 126 Å². The van der Waals surface area contributed by atoms with Crippen LogP contribution in [0.5, 0.6) is 0 Å². The maximum atomic E-state index is 4.57. The van der Waals surface area contributed by atoms with Gasteiger partial charge in [0.15, 0.2) is 0 Å². The summed E-state index contributed by atoms with van der Waals surface area (Å²) in [6.45, 7) is 4.88. The average molecular weight is 282 g/mol. The number of hydrogen-bond acceptors (Lipinski definition) is 4. The number of rotatable bonds is 4. The Hall–Kier alpha value is -1.94. The molecule has 1 aliphatic rings. The Morgan fingerprint density at radius 2 is 1.95 bits per heavy atom. The molecule has 2 aromatic rings. The van der Waals surface area contributed by atoms with E-state index in [-0.39, 0.29) is 0 Å². The fourth-order valence-electron chi connectivity index (χ4n) is 2.75. The number of benzene rings is 1. The molecule has 1 aromatic heterocycles. The summed E-state index contributed by atoms with van der Waals surface area (Å²) < 4.78 is 0. The summed E-state index contributed by atoms with van der Waals surface area (Å²) in [5.41, 5.74) is 3.79. The highest BCUT2D eigenvalue weighted by Crippen LogP contribution is 2.30. The van der Waals surface area contributed by atoms with Gasteiger partial charge in [0.05, 0.1) is 0 Å². The highest BCUT2D eigenvalue weighted by Gasteiger charge is 2.18. The Kier molecular flexibility index (Phi) is 4.46. The number of hydrogen-bond donors (Lipinski definition) is 1. The van der Waals surface area contributed by atoms with Gasteiger partial charge in [-0.1, -0.05) is 25.1 Å². The highest BCUT2D eigenvalue weighted by molar-refractivity contribution is 5.62. The van der Waals surface area contributed by atoms with Crippen molar-refractivity contribution in [2.45, 2.75) is 32.7 Å². The van der Waals surface area contributed by atoms with E-state index in [9.17, 15) is 0 Å². The van der Waals surface area contributed by atoms with E-state index >= 15 is 0 Å². The lowest BCUT2D eigenvalue weighted by Crippen LogP contribution is -2.21. The molecule has 3 rings (SSSR count). The van der Waals surface area contributed by atoms with Gasteiger partial charge in [0, 0.05) is 36.7 Å². The molecule has 0 bridgehead atoms. The first-order valence-corrected chi connectivity index (χ1v) is 7.75. The van der Waals surface area contributed by atoms with Crippen LogP contribution in [0.4, 0.5) is 11.6 Å². The standard InChI is InChI=1S/C17H22N4/c1-2-18-11-14-12-19-17(20-13-14)21-10-6-5-8-15-7-3-4-9-16(15)21/h3-4,7,9,12-13,18H,2,5-6,8,10-11H2,1H3. The lowest BCUT2D eigenvalue weighted by atomic mass is 10.1. The van der Waals surface area contributed by atoms with Crippen LogP contribution >= 0.6 is 0 Å². The summed E-state index contributed by atoms with van der Waals surface area (Å²) in [6, 6.07) is 8.60. The maximum absolute atomic E-state index is 4.57. The minimum absolute atomic E-state index is 0.810. The van der Waals surface area contributed by atoms with E-state index in [0.717, 1.165) is 37.6 Å². The van der Waals surface area contributed by atoms with Crippen molar-refractivity contribution in [1.82, 2.24) is 15.3 Å². The van der Waals surface area contributed by atoms with Gasteiger partial charge in [-0.15, -0.1) is 0 Å². The Balaban J connectivity index is 1.86. The molecule has 0 fully saturated rings. The van der Waals surface area contributed by atoms with Crippen LogP contribution in [0, 0.1) is 0 Å². The molecule has 4 heteroatoms. The van der Waals surface area contributed by atoms with E-state index in [1.807, 2.05) is 12.4 Å². The van der Waals surface area contributed by atoms with Gasteiger partial charge < -0.3 is 10.2 Å². The van der Waals surface area contributed by atoms with Gasteiger partial charge in [0.25, 0.3) is 0 Å². The first-order valence-electron chi connectivity index (χ1n) is 7.75. The van der Waals surface area contributed by atoms with Crippen LogP contribution < -0.4 is 10.2 Å². The van der Waals surface area contributed by atoms with Crippen LogP contribution in [0.15, 0.2) is 36.7 Å². The fourth-order valence-corrected chi connectivity index (χ4v) is 2.75. The molecule has 0 saturated heterocycles. The number of para-hydroxylation sites is 1. The summed E-state index contributed by atoms with van der Waals surface area (Å²) in [7, 11) is 0. The second-order valence-electron chi connectivity index (χ2n) is 5.41.